The van der Waals surface area contributed by atoms with Gasteiger partial charge in [-0.25, -0.2) is 10.1 Å². The Bertz CT molecular complexity index is 1190. The van der Waals surface area contributed by atoms with Crippen molar-refractivity contribution in [2.24, 2.45) is 13.0 Å². The minimum Gasteiger partial charge on any atom is -0.295 e. The molecular formula is C22H23BN4O3. The van der Waals surface area contributed by atoms with E-state index in [9.17, 15) is 14.4 Å². The van der Waals surface area contributed by atoms with E-state index in [0.29, 0.717) is 23.4 Å². The summed E-state index contributed by atoms with van der Waals surface area (Å²) in [7, 11) is 3.15. The van der Waals surface area contributed by atoms with Gasteiger partial charge in [-0.15, -0.1) is 0 Å². The number of benzene rings is 1. The number of piperidine rings is 1. The first-order valence-corrected chi connectivity index (χ1v) is 10.3. The molecule has 0 aliphatic carbocycles. The molecular weight excluding hydrogens is 379 g/mol. The van der Waals surface area contributed by atoms with Gasteiger partial charge in [0.25, 0.3) is 12.6 Å². The number of imidazole rings is 1. The summed E-state index contributed by atoms with van der Waals surface area (Å²) in [5.74, 6) is 8.61. The molecule has 2 fully saturated rings. The van der Waals surface area contributed by atoms with Crippen LogP contribution in [0.3, 0.4) is 0 Å². The molecule has 152 valence electrons. The topological polar surface area (TPSA) is 88.1 Å². The average Bonchev–Trinajstić information content (AvgIpc) is 3.01. The summed E-state index contributed by atoms with van der Waals surface area (Å²) in [5.41, 5.74) is 1.93. The monoisotopic (exact) mass is 402 g/mol. The number of hydrogen-bond donors (Lipinski definition) is 0. The first kappa shape index (κ1) is 20.0. The van der Waals surface area contributed by atoms with Crippen molar-refractivity contribution in [2.45, 2.75) is 44.4 Å². The van der Waals surface area contributed by atoms with Gasteiger partial charge < -0.3 is 0 Å². The summed E-state index contributed by atoms with van der Waals surface area (Å²) in [6, 6.07) is 4.91. The summed E-state index contributed by atoms with van der Waals surface area (Å²) in [6.45, 7) is 0.158. The summed E-state index contributed by atoms with van der Waals surface area (Å²) >= 11 is 0. The first-order chi connectivity index (χ1) is 14.4. The van der Waals surface area contributed by atoms with Crippen molar-refractivity contribution >= 4 is 29.6 Å². The Morgan fingerprint density at radius 3 is 2.50 bits per heavy atom. The van der Waals surface area contributed by atoms with E-state index in [2.05, 4.69) is 17.8 Å². The molecule has 0 saturated carbocycles. The summed E-state index contributed by atoms with van der Waals surface area (Å²) in [4.78, 5) is 38.4. The van der Waals surface area contributed by atoms with Gasteiger partial charge in [0.05, 0.1) is 11.0 Å². The average molecular weight is 402 g/mol. The number of rotatable bonds is 1. The van der Waals surface area contributed by atoms with E-state index in [-0.39, 0.29) is 30.6 Å². The lowest BCUT2D eigenvalue weighted by Gasteiger charge is -2.28. The molecule has 0 N–H and O–H groups in total. The molecule has 2 aromatic rings. The van der Waals surface area contributed by atoms with E-state index >= 15 is 0 Å². The smallest absolute Gasteiger partial charge is 0.295 e. The number of hydrogen-bond acceptors (Lipinski definition) is 4. The Morgan fingerprint density at radius 1 is 1.07 bits per heavy atom. The number of fused-ring (bicyclic) bond motifs is 1. The van der Waals surface area contributed by atoms with Gasteiger partial charge in [0.15, 0.2) is 0 Å². The molecule has 2 amide bonds. The van der Waals surface area contributed by atoms with Crippen molar-refractivity contribution in [3.63, 3.8) is 0 Å². The number of aryl methyl sites for hydroxylation is 1. The highest BCUT2D eigenvalue weighted by Crippen LogP contribution is 2.27. The zero-order valence-corrected chi connectivity index (χ0v) is 17.2. The highest BCUT2D eigenvalue weighted by Gasteiger charge is 2.35. The lowest BCUT2D eigenvalue weighted by molar-refractivity contribution is -0.149. The van der Waals surface area contributed by atoms with Crippen LogP contribution in [0.2, 0.25) is 12.6 Å². The summed E-state index contributed by atoms with van der Waals surface area (Å²) in [5, 5.41) is 9.02. The third-order valence-corrected chi connectivity index (χ3v) is 6.35. The fourth-order valence-corrected chi connectivity index (χ4v) is 4.43. The normalized spacial score (nSPS) is 20.2. The molecule has 30 heavy (non-hydrogen) atoms. The number of likely N-dealkylation sites (tertiary alicyclic amines) is 1. The van der Waals surface area contributed by atoms with Gasteiger partial charge in [-0.05, 0) is 37.5 Å². The molecule has 0 bridgehead atoms. The van der Waals surface area contributed by atoms with Crippen LogP contribution < -0.4 is 5.69 Å². The van der Waals surface area contributed by atoms with E-state index in [1.807, 2.05) is 18.2 Å². The number of imide groups is 1. The fraction of sp³-hybridized carbons (Fsp3) is 0.455. The molecule has 2 aliphatic rings. The third-order valence-electron chi connectivity index (χ3n) is 6.35. The Morgan fingerprint density at radius 2 is 1.80 bits per heavy atom. The Labute approximate surface area is 175 Å². The number of likely N-dealkylation sites (N-methyl/N-ethyl adjacent to an activating group) is 1. The maximum atomic E-state index is 12.9. The quantitative estimate of drug-likeness (QED) is 0.415. The van der Waals surface area contributed by atoms with Gasteiger partial charge in [-0.2, -0.15) is 0 Å². The minimum atomic E-state index is -0.670. The molecule has 0 spiro atoms. The fourth-order valence-electron chi connectivity index (χ4n) is 4.43. The predicted molar refractivity (Wildman–Crippen MR) is 114 cm³/mol. The van der Waals surface area contributed by atoms with Crippen LogP contribution in [0.4, 0.5) is 0 Å². The minimum absolute atomic E-state index is 0.158. The van der Waals surface area contributed by atoms with Crippen molar-refractivity contribution in [3.8, 4) is 17.8 Å². The molecule has 2 aliphatic heterocycles. The zero-order chi connectivity index (χ0) is 21.4. The van der Waals surface area contributed by atoms with Gasteiger partial charge in [0.1, 0.15) is 6.04 Å². The highest BCUT2D eigenvalue weighted by atomic mass is 16.2. The van der Waals surface area contributed by atoms with Gasteiger partial charge in [0, 0.05) is 38.0 Å². The lowest BCUT2D eigenvalue weighted by Crippen LogP contribution is -2.45. The molecule has 3 heterocycles. The van der Waals surface area contributed by atoms with Gasteiger partial charge in [-0.3, -0.25) is 23.6 Å². The molecule has 8 heteroatoms. The van der Waals surface area contributed by atoms with Crippen LogP contribution in [-0.2, 0) is 16.6 Å². The van der Waals surface area contributed by atoms with Crippen molar-refractivity contribution in [3.05, 3.63) is 34.2 Å². The Kier molecular flexibility index (Phi) is 5.26. The molecule has 1 atom stereocenters. The molecule has 0 radical (unpaired) electrons. The maximum Gasteiger partial charge on any atom is 0.329 e. The second kappa shape index (κ2) is 7.87. The first-order valence-electron chi connectivity index (χ1n) is 10.3. The number of nitriles is 1. The van der Waals surface area contributed by atoms with Crippen LogP contribution in [0.5, 0.6) is 0 Å². The van der Waals surface area contributed by atoms with Crippen molar-refractivity contribution in [2.75, 3.05) is 7.05 Å². The second-order valence-electron chi connectivity index (χ2n) is 8.21. The summed E-state index contributed by atoms with van der Waals surface area (Å²) < 4.78 is 3.03. The van der Waals surface area contributed by atoms with Crippen LogP contribution >= 0.6 is 0 Å². The molecule has 1 aromatic heterocycles. The Hall–Kier alpha value is -3.26. The predicted octanol–water partition coefficient (Wildman–Crippen LogP) is 1.98. The summed E-state index contributed by atoms with van der Waals surface area (Å²) in [6.07, 6.45) is 4.26. The van der Waals surface area contributed by atoms with Crippen LogP contribution in [0.15, 0.2) is 23.0 Å². The standard InChI is InChI=1S/C22H23BN4O3/c1-25-19-13-16(4-3-15-9-11-23(14-24)12-10-15)5-6-17(19)27(22(25)30)18-7-8-20(28)26(2)21(18)29/h5-6,13,15,18H,7-12H2,1-2H3. The van der Waals surface area contributed by atoms with Crippen LogP contribution in [-0.4, -0.2) is 39.6 Å². The molecule has 7 nitrogen and oxygen atoms in total. The van der Waals surface area contributed by atoms with Crippen LogP contribution in [0.1, 0.15) is 37.3 Å². The number of aromatic nitrogens is 2. The van der Waals surface area contributed by atoms with Gasteiger partial charge in [0.2, 0.25) is 5.91 Å². The van der Waals surface area contributed by atoms with E-state index in [1.54, 1.807) is 7.05 Å². The number of carbonyl (C=O) groups excluding carboxylic acids is 2. The molecule has 4 rings (SSSR count). The second-order valence-corrected chi connectivity index (χ2v) is 8.21. The van der Waals surface area contributed by atoms with Crippen LogP contribution in [0.25, 0.3) is 11.0 Å². The maximum absolute atomic E-state index is 12.9. The van der Waals surface area contributed by atoms with Crippen molar-refractivity contribution < 1.29 is 9.59 Å². The molecule has 2 saturated heterocycles. The van der Waals surface area contributed by atoms with Gasteiger partial charge >= 0.3 is 5.69 Å². The molecule has 1 unspecified atom stereocenters. The number of amides is 2. The number of nitrogens with zero attached hydrogens (tertiary/aromatic N) is 4. The lowest BCUT2D eigenvalue weighted by atomic mass is 9.42. The van der Waals surface area contributed by atoms with Crippen molar-refractivity contribution in [1.82, 2.24) is 14.0 Å². The van der Waals surface area contributed by atoms with Gasteiger partial charge in [-0.1, -0.05) is 24.5 Å². The zero-order valence-electron chi connectivity index (χ0n) is 17.2. The highest BCUT2D eigenvalue weighted by molar-refractivity contribution is 6.67. The number of carbonyl (C=O) groups is 2. The van der Waals surface area contributed by atoms with Crippen LogP contribution in [0, 0.1) is 29.0 Å². The Balaban J connectivity index is 1.64. The van der Waals surface area contributed by atoms with E-state index < -0.39 is 6.04 Å². The SMILES string of the molecule is CN1C(=O)CCC(n2c(=O)n(C)c3cc(C#CC4CCB(C#N)CC4)ccc32)C1=O. The largest absolute Gasteiger partial charge is 0.329 e. The van der Waals surface area contributed by atoms with E-state index in [4.69, 9.17) is 5.26 Å². The van der Waals surface area contributed by atoms with E-state index in [0.717, 1.165) is 35.9 Å². The third kappa shape index (κ3) is 3.43. The van der Waals surface area contributed by atoms with Crippen molar-refractivity contribution in [1.29, 1.82) is 5.26 Å². The van der Waals surface area contributed by atoms with E-state index in [1.165, 1.54) is 16.2 Å². The molecule has 1 aromatic carbocycles.